The standard InChI is InChI=1S/C25H31N7O2/c1-31(2)15-6-14-29-25(34)23-22(9-5-13-28-23)30-24(33)21-11-10-18(17-32(27)16-12-26)19-7-3-4-8-20(19)21/h3-5,7-13,16H,6,14-15,17,26-27H2,1-2H3,(H,29,34)(H,30,33)/b16-12-. The minimum atomic E-state index is -0.330. The lowest BCUT2D eigenvalue weighted by molar-refractivity contribution is 0.0948. The van der Waals surface area contributed by atoms with Gasteiger partial charge in [-0.15, -0.1) is 0 Å². The molecule has 9 nitrogen and oxygen atoms in total. The van der Waals surface area contributed by atoms with E-state index in [1.165, 1.54) is 17.4 Å². The Morgan fingerprint density at radius 2 is 1.79 bits per heavy atom. The van der Waals surface area contributed by atoms with E-state index >= 15 is 0 Å². The summed E-state index contributed by atoms with van der Waals surface area (Å²) in [6, 6.07) is 14.6. The first kappa shape index (κ1) is 24.7. The fourth-order valence-corrected chi connectivity index (χ4v) is 3.61. The summed E-state index contributed by atoms with van der Waals surface area (Å²) in [7, 11) is 3.96. The van der Waals surface area contributed by atoms with Crippen molar-refractivity contribution in [1.29, 1.82) is 0 Å². The first-order valence-electron chi connectivity index (χ1n) is 11.0. The van der Waals surface area contributed by atoms with Crippen molar-refractivity contribution in [3.8, 4) is 0 Å². The van der Waals surface area contributed by atoms with Gasteiger partial charge in [-0.2, -0.15) is 0 Å². The number of nitrogens with one attached hydrogen (secondary N) is 2. The number of carbonyl (C=O) groups excluding carboxylic acids is 2. The first-order valence-corrected chi connectivity index (χ1v) is 11.0. The third-order valence-corrected chi connectivity index (χ3v) is 5.23. The van der Waals surface area contributed by atoms with Crippen LogP contribution in [0.25, 0.3) is 10.8 Å². The van der Waals surface area contributed by atoms with Crippen molar-refractivity contribution < 1.29 is 9.59 Å². The maximum absolute atomic E-state index is 13.2. The molecule has 0 saturated heterocycles. The van der Waals surface area contributed by atoms with Gasteiger partial charge in [0.25, 0.3) is 11.8 Å². The van der Waals surface area contributed by atoms with Gasteiger partial charge in [0.15, 0.2) is 5.69 Å². The topological polar surface area (TPSA) is 130 Å². The molecule has 9 heteroatoms. The van der Waals surface area contributed by atoms with Crippen LogP contribution in [0.1, 0.15) is 32.8 Å². The van der Waals surface area contributed by atoms with Crippen molar-refractivity contribution in [1.82, 2.24) is 20.2 Å². The molecule has 0 bridgehead atoms. The van der Waals surface area contributed by atoms with E-state index in [-0.39, 0.29) is 17.5 Å². The quantitative estimate of drug-likeness (QED) is 0.207. The van der Waals surface area contributed by atoms with Gasteiger partial charge in [-0.25, -0.2) is 10.8 Å². The van der Waals surface area contributed by atoms with E-state index < -0.39 is 0 Å². The molecule has 2 aromatic carbocycles. The second-order valence-corrected chi connectivity index (χ2v) is 8.10. The average Bonchev–Trinajstić information content (AvgIpc) is 2.82. The number of rotatable bonds is 10. The Kier molecular flexibility index (Phi) is 8.55. The minimum absolute atomic E-state index is 0.175. The molecule has 1 heterocycles. The minimum Gasteiger partial charge on any atom is -0.403 e. The van der Waals surface area contributed by atoms with Crippen molar-refractivity contribution in [2.24, 2.45) is 11.6 Å². The molecule has 0 unspecified atom stereocenters. The van der Waals surface area contributed by atoms with E-state index in [1.807, 2.05) is 49.3 Å². The Hall–Kier alpha value is -3.95. The van der Waals surface area contributed by atoms with Gasteiger partial charge in [-0.3, -0.25) is 9.59 Å². The highest BCUT2D eigenvalue weighted by molar-refractivity contribution is 6.15. The summed E-state index contributed by atoms with van der Waals surface area (Å²) in [5, 5.41) is 8.87. The fourth-order valence-electron chi connectivity index (χ4n) is 3.61. The maximum atomic E-state index is 13.2. The molecule has 0 aliphatic rings. The third-order valence-electron chi connectivity index (χ3n) is 5.23. The summed E-state index contributed by atoms with van der Waals surface area (Å²) in [6.45, 7) is 1.81. The van der Waals surface area contributed by atoms with Crippen molar-refractivity contribution in [3.05, 3.63) is 83.9 Å². The average molecular weight is 462 g/mol. The number of nitrogens with zero attached hydrogens (tertiary/aromatic N) is 3. The normalized spacial score (nSPS) is 11.2. The van der Waals surface area contributed by atoms with E-state index in [2.05, 4.69) is 15.6 Å². The predicted molar refractivity (Wildman–Crippen MR) is 135 cm³/mol. The van der Waals surface area contributed by atoms with Gasteiger partial charge in [0.1, 0.15) is 0 Å². The van der Waals surface area contributed by atoms with Crippen LogP contribution in [0.4, 0.5) is 5.69 Å². The molecule has 0 spiro atoms. The fraction of sp³-hybridized carbons (Fsp3) is 0.240. The molecular formula is C25H31N7O2. The smallest absolute Gasteiger partial charge is 0.272 e. The third kappa shape index (κ3) is 6.31. The predicted octanol–water partition coefficient (Wildman–Crippen LogP) is 2.27. The second kappa shape index (κ2) is 11.8. The number of amides is 2. The molecule has 0 atom stereocenters. The number of pyridine rings is 1. The van der Waals surface area contributed by atoms with Crippen molar-refractivity contribution in [3.63, 3.8) is 0 Å². The molecule has 3 rings (SSSR count). The summed E-state index contributed by atoms with van der Waals surface area (Å²) >= 11 is 0. The number of nitrogens with two attached hydrogens (primary N) is 2. The highest BCUT2D eigenvalue weighted by Crippen LogP contribution is 2.25. The molecule has 2 amide bonds. The summed E-state index contributed by atoms with van der Waals surface area (Å²) in [5.74, 6) is 5.29. The van der Waals surface area contributed by atoms with Crippen molar-refractivity contribution in [2.45, 2.75) is 13.0 Å². The van der Waals surface area contributed by atoms with Crippen molar-refractivity contribution >= 4 is 28.3 Å². The van der Waals surface area contributed by atoms with Crippen LogP contribution in [0.2, 0.25) is 0 Å². The van der Waals surface area contributed by atoms with Crippen LogP contribution in [-0.4, -0.2) is 53.9 Å². The van der Waals surface area contributed by atoms with E-state index in [9.17, 15) is 9.59 Å². The van der Waals surface area contributed by atoms with Crippen LogP contribution in [0, 0.1) is 0 Å². The molecule has 3 aromatic rings. The zero-order valence-corrected chi connectivity index (χ0v) is 19.5. The number of carbonyl (C=O) groups is 2. The molecule has 0 saturated carbocycles. The van der Waals surface area contributed by atoms with Gasteiger partial charge in [0, 0.05) is 30.7 Å². The van der Waals surface area contributed by atoms with E-state index in [4.69, 9.17) is 11.6 Å². The number of anilines is 1. The Morgan fingerprint density at radius 3 is 2.53 bits per heavy atom. The second-order valence-electron chi connectivity index (χ2n) is 8.10. The number of hydrogen-bond acceptors (Lipinski definition) is 7. The number of hydrazine groups is 1. The first-order chi connectivity index (χ1) is 16.4. The summed E-state index contributed by atoms with van der Waals surface area (Å²) < 4.78 is 0. The Labute approximate surface area is 199 Å². The number of hydrogen-bond donors (Lipinski definition) is 4. The maximum Gasteiger partial charge on any atom is 0.272 e. The molecule has 6 N–H and O–H groups in total. The monoisotopic (exact) mass is 461 g/mol. The molecule has 0 aliphatic heterocycles. The van der Waals surface area contributed by atoms with Crippen LogP contribution in [0.5, 0.6) is 0 Å². The number of aromatic nitrogens is 1. The Morgan fingerprint density at radius 1 is 1.03 bits per heavy atom. The van der Waals surface area contributed by atoms with Gasteiger partial charge in [-0.1, -0.05) is 30.3 Å². The van der Waals surface area contributed by atoms with E-state index in [1.54, 1.807) is 24.4 Å². The molecule has 0 radical (unpaired) electrons. The van der Waals surface area contributed by atoms with Gasteiger partial charge in [-0.05, 0) is 61.6 Å². The van der Waals surface area contributed by atoms with Crippen LogP contribution < -0.4 is 22.2 Å². The zero-order valence-electron chi connectivity index (χ0n) is 19.5. The lowest BCUT2D eigenvalue weighted by atomic mass is 9.98. The van der Waals surface area contributed by atoms with Gasteiger partial charge < -0.3 is 26.3 Å². The van der Waals surface area contributed by atoms with Crippen LogP contribution in [0.3, 0.4) is 0 Å². The molecule has 178 valence electrons. The Balaban J connectivity index is 1.81. The van der Waals surface area contributed by atoms with Crippen molar-refractivity contribution in [2.75, 3.05) is 32.5 Å². The van der Waals surface area contributed by atoms with Gasteiger partial charge >= 0.3 is 0 Å². The number of fused-ring (bicyclic) bond motifs is 1. The molecular weight excluding hydrogens is 430 g/mol. The lowest BCUT2D eigenvalue weighted by Crippen LogP contribution is -2.29. The summed E-state index contributed by atoms with van der Waals surface area (Å²) in [5.41, 5.74) is 7.39. The number of benzene rings is 2. The highest BCUT2D eigenvalue weighted by Gasteiger charge is 2.18. The Bertz CT molecular complexity index is 1180. The summed E-state index contributed by atoms with van der Waals surface area (Å²) in [4.78, 5) is 32.1. The van der Waals surface area contributed by atoms with Gasteiger partial charge in [0.05, 0.1) is 12.2 Å². The van der Waals surface area contributed by atoms with Crippen LogP contribution >= 0.6 is 0 Å². The van der Waals surface area contributed by atoms with E-state index in [0.717, 1.165) is 29.3 Å². The molecule has 0 aliphatic carbocycles. The largest absolute Gasteiger partial charge is 0.403 e. The van der Waals surface area contributed by atoms with Crippen LogP contribution in [-0.2, 0) is 6.54 Å². The molecule has 0 fully saturated rings. The summed E-state index contributed by atoms with van der Waals surface area (Å²) in [6.07, 6.45) is 5.29. The lowest BCUT2D eigenvalue weighted by Gasteiger charge is -2.17. The van der Waals surface area contributed by atoms with Gasteiger partial charge in [0.2, 0.25) is 0 Å². The molecule has 34 heavy (non-hydrogen) atoms. The molecule has 1 aromatic heterocycles. The van der Waals surface area contributed by atoms with E-state index in [0.29, 0.717) is 24.3 Å². The SMILES string of the molecule is CN(C)CCCNC(=O)c1ncccc1NC(=O)c1ccc(CN(N)/C=C\N)c2ccccc12. The zero-order chi connectivity index (χ0) is 24.5. The van der Waals surface area contributed by atoms with Crippen LogP contribution in [0.15, 0.2) is 67.1 Å². The highest BCUT2D eigenvalue weighted by atomic mass is 16.2.